The molecule has 0 bridgehead atoms. The molecule has 0 heterocycles. The second kappa shape index (κ2) is 6.93. The minimum atomic E-state index is -0.401. The van der Waals surface area contributed by atoms with E-state index in [1.165, 1.54) is 31.2 Å². The van der Waals surface area contributed by atoms with Crippen LogP contribution in [0.2, 0.25) is 0 Å². The summed E-state index contributed by atoms with van der Waals surface area (Å²) < 4.78 is 0. The second-order valence-corrected chi connectivity index (χ2v) is 7.07. The highest BCUT2D eigenvalue weighted by atomic mass is 16.3. The lowest BCUT2D eigenvalue weighted by Gasteiger charge is -2.25. The molecule has 2 heteroatoms. The second-order valence-electron chi connectivity index (χ2n) is 7.07. The van der Waals surface area contributed by atoms with Crippen molar-refractivity contribution < 1.29 is 10.2 Å². The third-order valence-corrected chi connectivity index (χ3v) is 5.50. The highest BCUT2D eigenvalue weighted by Gasteiger charge is 2.29. The number of hydrogen-bond donors (Lipinski definition) is 2. The van der Waals surface area contributed by atoms with Gasteiger partial charge in [-0.15, -0.1) is 0 Å². The van der Waals surface area contributed by atoms with Crippen molar-refractivity contribution in [1.29, 1.82) is 0 Å². The zero-order valence-corrected chi connectivity index (χ0v) is 12.9. The van der Waals surface area contributed by atoms with Crippen molar-refractivity contribution in [3.8, 4) is 0 Å². The van der Waals surface area contributed by atoms with Crippen molar-refractivity contribution in [2.45, 2.75) is 70.0 Å². The average Bonchev–Trinajstić information content (AvgIpc) is 2.93. The first-order valence-electron chi connectivity index (χ1n) is 8.68. The smallest absolute Gasteiger partial charge is 0.0821 e. The highest BCUT2D eigenvalue weighted by molar-refractivity contribution is 5.30. The maximum atomic E-state index is 10.7. The monoisotopic (exact) mass is 288 g/mol. The van der Waals surface area contributed by atoms with Crippen LogP contribution in [0.15, 0.2) is 24.3 Å². The Balaban J connectivity index is 1.62. The van der Waals surface area contributed by atoms with Gasteiger partial charge in [-0.3, -0.25) is 0 Å². The summed E-state index contributed by atoms with van der Waals surface area (Å²) in [5, 5.41) is 21.1. The number of aliphatic hydroxyl groups excluding tert-OH is 2. The fourth-order valence-electron chi connectivity index (χ4n) is 4.34. The van der Waals surface area contributed by atoms with Gasteiger partial charge in [0.1, 0.15) is 0 Å². The molecule has 21 heavy (non-hydrogen) atoms. The molecule has 2 aliphatic rings. The van der Waals surface area contributed by atoms with Crippen LogP contribution in [0.5, 0.6) is 0 Å². The third kappa shape index (κ3) is 3.67. The van der Waals surface area contributed by atoms with Gasteiger partial charge in [-0.25, -0.2) is 0 Å². The number of benzene rings is 1. The molecule has 3 atom stereocenters. The molecule has 0 spiro atoms. The predicted molar refractivity (Wildman–Crippen MR) is 85.0 cm³/mol. The van der Waals surface area contributed by atoms with E-state index < -0.39 is 6.10 Å². The summed E-state index contributed by atoms with van der Waals surface area (Å²) in [6.07, 6.45) is 9.49. The van der Waals surface area contributed by atoms with E-state index in [0.717, 1.165) is 43.6 Å². The molecule has 3 unspecified atom stereocenters. The van der Waals surface area contributed by atoms with E-state index in [1.54, 1.807) is 0 Å². The molecule has 3 rings (SSSR count). The normalized spacial score (nSPS) is 28.1. The Hall–Kier alpha value is -0.860. The number of hydrogen-bond acceptors (Lipinski definition) is 2. The summed E-state index contributed by atoms with van der Waals surface area (Å²) >= 11 is 0. The molecule has 2 nitrogen and oxygen atoms in total. The van der Waals surface area contributed by atoms with Crippen LogP contribution < -0.4 is 0 Å². The van der Waals surface area contributed by atoms with E-state index >= 15 is 0 Å². The minimum absolute atomic E-state index is 0.213. The lowest BCUT2D eigenvalue weighted by atomic mass is 9.86. The lowest BCUT2D eigenvalue weighted by molar-refractivity contribution is 0.0484. The van der Waals surface area contributed by atoms with Gasteiger partial charge in [-0.2, -0.15) is 0 Å². The average molecular weight is 288 g/mol. The Labute approximate surface area is 128 Å². The molecule has 1 aromatic carbocycles. The van der Waals surface area contributed by atoms with Crippen LogP contribution in [0, 0.1) is 11.8 Å². The van der Waals surface area contributed by atoms with Gasteiger partial charge >= 0.3 is 0 Å². The van der Waals surface area contributed by atoms with Crippen molar-refractivity contribution >= 4 is 0 Å². The number of aliphatic hydroxyl groups is 2. The van der Waals surface area contributed by atoms with Gasteiger partial charge in [-0.1, -0.05) is 49.9 Å². The van der Waals surface area contributed by atoms with E-state index in [0.29, 0.717) is 0 Å². The molecule has 1 fully saturated rings. The van der Waals surface area contributed by atoms with Crippen LogP contribution in [0.25, 0.3) is 0 Å². The van der Waals surface area contributed by atoms with Gasteiger partial charge in [-0.05, 0) is 55.1 Å². The predicted octanol–water partition coefficient (Wildman–Crippen LogP) is 4.00. The van der Waals surface area contributed by atoms with Crippen LogP contribution in [0.1, 0.15) is 68.6 Å². The summed E-state index contributed by atoms with van der Waals surface area (Å²) in [5.41, 5.74) is 2.38. The van der Waals surface area contributed by atoms with Crippen LogP contribution in [-0.2, 0) is 6.42 Å². The van der Waals surface area contributed by atoms with E-state index in [2.05, 4.69) is 18.2 Å². The topological polar surface area (TPSA) is 40.5 Å². The number of rotatable bonds is 4. The first kappa shape index (κ1) is 15.1. The summed E-state index contributed by atoms with van der Waals surface area (Å²) in [4.78, 5) is 0. The molecule has 0 saturated heterocycles. The van der Waals surface area contributed by atoms with Crippen molar-refractivity contribution in [2.24, 2.45) is 11.8 Å². The Morgan fingerprint density at radius 2 is 1.76 bits per heavy atom. The molecule has 116 valence electrons. The van der Waals surface area contributed by atoms with Crippen LogP contribution in [-0.4, -0.2) is 16.3 Å². The third-order valence-electron chi connectivity index (χ3n) is 5.50. The van der Waals surface area contributed by atoms with Gasteiger partial charge in [0.05, 0.1) is 12.2 Å². The Bertz CT molecular complexity index is 451. The minimum Gasteiger partial charge on any atom is -0.393 e. The van der Waals surface area contributed by atoms with E-state index in [1.807, 2.05) is 6.07 Å². The SMILES string of the molecule is OC(CC1CCCC1)CC1CCCc2ccccc2C1O. The number of fused-ring (bicyclic) bond motifs is 1. The molecular weight excluding hydrogens is 260 g/mol. The van der Waals surface area contributed by atoms with Crippen molar-refractivity contribution in [2.75, 3.05) is 0 Å². The fourth-order valence-corrected chi connectivity index (χ4v) is 4.34. The molecule has 0 amide bonds. The molecule has 0 radical (unpaired) electrons. The zero-order chi connectivity index (χ0) is 14.7. The molecule has 1 aromatic rings. The molecule has 0 aromatic heterocycles. The summed E-state index contributed by atoms with van der Waals surface area (Å²) in [5.74, 6) is 0.931. The van der Waals surface area contributed by atoms with E-state index in [4.69, 9.17) is 0 Å². The lowest BCUT2D eigenvalue weighted by Crippen LogP contribution is -2.21. The Morgan fingerprint density at radius 1 is 1.00 bits per heavy atom. The maximum absolute atomic E-state index is 10.7. The van der Waals surface area contributed by atoms with Crippen molar-refractivity contribution in [1.82, 2.24) is 0 Å². The van der Waals surface area contributed by atoms with Crippen LogP contribution >= 0.6 is 0 Å². The van der Waals surface area contributed by atoms with Crippen molar-refractivity contribution in [3.63, 3.8) is 0 Å². The summed E-state index contributed by atoms with van der Waals surface area (Å²) in [6, 6.07) is 8.26. The van der Waals surface area contributed by atoms with E-state index in [-0.39, 0.29) is 12.0 Å². The van der Waals surface area contributed by atoms with E-state index in [9.17, 15) is 10.2 Å². The first-order valence-corrected chi connectivity index (χ1v) is 8.68. The van der Waals surface area contributed by atoms with Gasteiger partial charge in [0.15, 0.2) is 0 Å². The quantitative estimate of drug-likeness (QED) is 0.822. The molecule has 1 saturated carbocycles. The summed E-state index contributed by atoms with van der Waals surface area (Å²) in [7, 11) is 0. The van der Waals surface area contributed by atoms with Gasteiger partial charge in [0.25, 0.3) is 0 Å². The first-order chi connectivity index (χ1) is 10.2. The zero-order valence-electron chi connectivity index (χ0n) is 12.9. The van der Waals surface area contributed by atoms with Crippen LogP contribution in [0.4, 0.5) is 0 Å². The largest absolute Gasteiger partial charge is 0.393 e. The molecule has 2 N–H and O–H groups in total. The fraction of sp³-hybridized carbons (Fsp3) is 0.684. The Kier molecular flexibility index (Phi) is 4.97. The Morgan fingerprint density at radius 3 is 2.57 bits per heavy atom. The van der Waals surface area contributed by atoms with Gasteiger partial charge < -0.3 is 10.2 Å². The molecular formula is C19H28O2. The maximum Gasteiger partial charge on any atom is 0.0821 e. The standard InChI is InChI=1S/C19H28O2/c20-17(12-14-6-1-2-7-14)13-16-10-5-9-15-8-3-4-11-18(15)19(16)21/h3-4,8,11,14,16-17,19-21H,1-2,5-7,9-10,12-13H2. The number of aryl methyl sites for hydroxylation is 1. The van der Waals surface area contributed by atoms with Gasteiger partial charge in [0, 0.05) is 0 Å². The molecule has 0 aliphatic heterocycles. The summed E-state index contributed by atoms with van der Waals surface area (Å²) in [6.45, 7) is 0. The van der Waals surface area contributed by atoms with Crippen LogP contribution in [0.3, 0.4) is 0 Å². The molecule has 2 aliphatic carbocycles. The van der Waals surface area contributed by atoms with Gasteiger partial charge in [0.2, 0.25) is 0 Å². The highest BCUT2D eigenvalue weighted by Crippen LogP contribution is 2.37. The van der Waals surface area contributed by atoms with Crippen molar-refractivity contribution in [3.05, 3.63) is 35.4 Å².